The number of furan rings is 1. The van der Waals surface area contributed by atoms with E-state index in [0.29, 0.717) is 12.0 Å². The summed E-state index contributed by atoms with van der Waals surface area (Å²) >= 11 is 0. The predicted octanol–water partition coefficient (Wildman–Crippen LogP) is 4.10. The van der Waals surface area contributed by atoms with Crippen LogP contribution in [0, 0.1) is 11.6 Å². The molecule has 0 amide bonds. The molecule has 2 rings (SSSR count). The average molecular weight is 293 g/mol. The highest BCUT2D eigenvalue weighted by atomic mass is 19.1. The molecule has 1 N–H and O–H groups in total. The summed E-state index contributed by atoms with van der Waals surface area (Å²) in [6, 6.07) is 7.69. The molecule has 0 spiro atoms. The minimum Gasteiger partial charge on any atom is -0.469 e. The highest BCUT2D eigenvalue weighted by molar-refractivity contribution is 5.19. The molecule has 0 fully saturated rings. The van der Waals surface area contributed by atoms with Crippen LogP contribution in [-0.4, -0.2) is 12.6 Å². The molecule has 2 nitrogen and oxygen atoms in total. The number of benzene rings is 1. The molecule has 0 saturated heterocycles. The lowest BCUT2D eigenvalue weighted by molar-refractivity contribution is 0.440. The fourth-order valence-corrected chi connectivity index (χ4v) is 2.41. The minimum atomic E-state index is -0.523. The second-order valence-corrected chi connectivity index (χ2v) is 5.25. The third kappa shape index (κ3) is 5.31. The lowest BCUT2D eigenvalue weighted by Crippen LogP contribution is -2.32. The van der Waals surface area contributed by atoms with E-state index in [2.05, 4.69) is 12.2 Å². The first kappa shape index (κ1) is 15.7. The second-order valence-electron chi connectivity index (χ2n) is 5.25. The van der Waals surface area contributed by atoms with Gasteiger partial charge in [-0.05, 0) is 55.6 Å². The van der Waals surface area contributed by atoms with E-state index in [1.165, 1.54) is 12.1 Å². The Morgan fingerprint density at radius 1 is 1.19 bits per heavy atom. The lowest BCUT2D eigenvalue weighted by Gasteiger charge is -2.18. The third-order valence-corrected chi connectivity index (χ3v) is 3.41. The number of halogens is 2. The van der Waals surface area contributed by atoms with Crippen molar-refractivity contribution in [3.8, 4) is 0 Å². The van der Waals surface area contributed by atoms with Gasteiger partial charge in [-0.25, -0.2) is 8.78 Å². The Morgan fingerprint density at radius 2 is 1.95 bits per heavy atom. The minimum absolute atomic E-state index is 0.177. The van der Waals surface area contributed by atoms with E-state index in [-0.39, 0.29) is 6.04 Å². The van der Waals surface area contributed by atoms with E-state index < -0.39 is 11.6 Å². The van der Waals surface area contributed by atoms with Gasteiger partial charge < -0.3 is 9.73 Å². The Labute approximate surface area is 124 Å². The van der Waals surface area contributed by atoms with Crippen molar-refractivity contribution < 1.29 is 13.2 Å². The SMILES string of the molecule is CCCNC(CCc1ccco1)Cc1cc(F)cc(F)c1. The average Bonchev–Trinajstić information content (AvgIpc) is 2.94. The lowest BCUT2D eigenvalue weighted by atomic mass is 10.0. The van der Waals surface area contributed by atoms with Crippen LogP contribution in [0.1, 0.15) is 31.1 Å². The molecule has 0 bridgehead atoms. The van der Waals surface area contributed by atoms with Gasteiger partial charge in [0.15, 0.2) is 0 Å². The Balaban J connectivity index is 1.97. The standard InChI is InChI=1S/C17H21F2NO/c1-2-7-20-16(5-6-17-4-3-8-21-17)11-13-9-14(18)12-15(19)10-13/h3-4,8-10,12,16,20H,2,5-7,11H2,1H3. The van der Waals surface area contributed by atoms with Crippen molar-refractivity contribution in [2.45, 2.75) is 38.6 Å². The molecule has 1 unspecified atom stereocenters. The van der Waals surface area contributed by atoms with Gasteiger partial charge in [-0.3, -0.25) is 0 Å². The van der Waals surface area contributed by atoms with Crippen molar-refractivity contribution in [3.63, 3.8) is 0 Å². The zero-order chi connectivity index (χ0) is 15.1. The van der Waals surface area contributed by atoms with E-state index in [1.807, 2.05) is 12.1 Å². The largest absolute Gasteiger partial charge is 0.469 e. The highest BCUT2D eigenvalue weighted by Gasteiger charge is 2.11. The Morgan fingerprint density at radius 3 is 2.57 bits per heavy atom. The fourth-order valence-electron chi connectivity index (χ4n) is 2.41. The van der Waals surface area contributed by atoms with Gasteiger partial charge in [-0.1, -0.05) is 6.92 Å². The summed E-state index contributed by atoms with van der Waals surface area (Å²) in [5.74, 6) is -0.112. The van der Waals surface area contributed by atoms with Gasteiger partial charge >= 0.3 is 0 Å². The van der Waals surface area contributed by atoms with Gasteiger partial charge in [0.05, 0.1) is 6.26 Å². The quantitative estimate of drug-likeness (QED) is 0.792. The summed E-state index contributed by atoms with van der Waals surface area (Å²) in [6.07, 6.45) is 4.97. The van der Waals surface area contributed by atoms with Crippen LogP contribution in [0.2, 0.25) is 0 Å². The van der Waals surface area contributed by atoms with Gasteiger partial charge in [-0.2, -0.15) is 0 Å². The van der Waals surface area contributed by atoms with Crippen LogP contribution in [0.15, 0.2) is 41.0 Å². The predicted molar refractivity (Wildman–Crippen MR) is 79.2 cm³/mol. The van der Waals surface area contributed by atoms with Crippen LogP contribution in [0.25, 0.3) is 0 Å². The van der Waals surface area contributed by atoms with Gasteiger partial charge in [0.1, 0.15) is 17.4 Å². The zero-order valence-corrected chi connectivity index (χ0v) is 12.2. The molecule has 2 aromatic rings. The first-order valence-electron chi connectivity index (χ1n) is 7.38. The van der Waals surface area contributed by atoms with Crippen molar-refractivity contribution in [3.05, 3.63) is 59.6 Å². The first-order valence-corrected chi connectivity index (χ1v) is 7.38. The molecule has 0 aliphatic heterocycles. The molecular weight excluding hydrogens is 272 g/mol. The summed E-state index contributed by atoms with van der Waals surface area (Å²) in [5.41, 5.74) is 0.681. The summed E-state index contributed by atoms with van der Waals surface area (Å²) in [5, 5.41) is 3.43. The highest BCUT2D eigenvalue weighted by Crippen LogP contribution is 2.13. The second kappa shape index (κ2) is 7.93. The smallest absolute Gasteiger partial charge is 0.126 e. The summed E-state index contributed by atoms with van der Waals surface area (Å²) in [7, 11) is 0. The number of rotatable bonds is 8. The van der Waals surface area contributed by atoms with E-state index in [9.17, 15) is 8.78 Å². The van der Waals surface area contributed by atoms with Crippen molar-refractivity contribution >= 4 is 0 Å². The topological polar surface area (TPSA) is 25.2 Å². The molecule has 114 valence electrons. The monoisotopic (exact) mass is 293 g/mol. The van der Waals surface area contributed by atoms with E-state index >= 15 is 0 Å². The molecule has 1 heterocycles. The fraction of sp³-hybridized carbons (Fsp3) is 0.412. The van der Waals surface area contributed by atoms with E-state index in [0.717, 1.165) is 37.6 Å². The van der Waals surface area contributed by atoms with Gasteiger partial charge in [0.2, 0.25) is 0 Å². The first-order chi connectivity index (χ1) is 10.2. The van der Waals surface area contributed by atoms with Crippen molar-refractivity contribution in [2.24, 2.45) is 0 Å². The Hall–Kier alpha value is -1.68. The van der Waals surface area contributed by atoms with E-state index in [1.54, 1.807) is 6.26 Å². The van der Waals surface area contributed by atoms with Crippen molar-refractivity contribution in [2.75, 3.05) is 6.54 Å². The molecular formula is C17H21F2NO. The van der Waals surface area contributed by atoms with E-state index in [4.69, 9.17) is 4.42 Å². The van der Waals surface area contributed by atoms with Crippen LogP contribution < -0.4 is 5.32 Å². The maximum atomic E-state index is 13.3. The molecule has 0 saturated carbocycles. The maximum Gasteiger partial charge on any atom is 0.126 e. The zero-order valence-electron chi connectivity index (χ0n) is 12.2. The molecule has 1 aromatic carbocycles. The van der Waals surface area contributed by atoms with Crippen LogP contribution in [0.5, 0.6) is 0 Å². The molecule has 0 aliphatic carbocycles. The van der Waals surface area contributed by atoms with Gasteiger partial charge in [0, 0.05) is 18.5 Å². The molecule has 21 heavy (non-hydrogen) atoms. The normalized spacial score (nSPS) is 12.5. The van der Waals surface area contributed by atoms with Gasteiger partial charge in [-0.15, -0.1) is 0 Å². The summed E-state index contributed by atoms with van der Waals surface area (Å²) in [4.78, 5) is 0. The Bertz CT molecular complexity index is 519. The molecule has 1 aromatic heterocycles. The van der Waals surface area contributed by atoms with Crippen LogP contribution in [-0.2, 0) is 12.8 Å². The van der Waals surface area contributed by atoms with Gasteiger partial charge in [0.25, 0.3) is 0 Å². The molecule has 4 heteroatoms. The maximum absolute atomic E-state index is 13.3. The van der Waals surface area contributed by atoms with Crippen LogP contribution in [0.4, 0.5) is 8.78 Å². The van der Waals surface area contributed by atoms with Crippen LogP contribution in [0.3, 0.4) is 0 Å². The summed E-state index contributed by atoms with van der Waals surface area (Å²) in [6.45, 7) is 2.99. The number of nitrogens with one attached hydrogen (secondary N) is 1. The van der Waals surface area contributed by atoms with Crippen LogP contribution >= 0.6 is 0 Å². The summed E-state index contributed by atoms with van der Waals surface area (Å²) < 4.78 is 31.9. The number of aryl methyl sites for hydroxylation is 1. The number of hydrogen-bond donors (Lipinski definition) is 1. The number of hydrogen-bond acceptors (Lipinski definition) is 2. The van der Waals surface area contributed by atoms with Crippen molar-refractivity contribution in [1.29, 1.82) is 0 Å². The molecule has 1 atom stereocenters. The molecule has 0 radical (unpaired) electrons. The Kier molecular flexibility index (Phi) is 5.93. The van der Waals surface area contributed by atoms with Crippen molar-refractivity contribution in [1.82, 2.24) is 5.32 Å². The third-order valence-electron chi connectivity index (χ3n) is 3.41. The molecule has 0 aliphatic rings.